The van der Waals surface area contributed by atoms with E-state index in [-0.39, 0.29) is 23.4 Å². The molecule has 1 aromatic rings. The maximum atomic E-state index is 13.9. The highest BCUT2D eigenvalue weighted by Gasteiger charge is 2.57. The number of likely N-dealkylation sites (tertiary alicyclic amines) is 2. The quantitative estimate of drug-likeness (QED) is 0.475. The summed E-state index contributed by atoms with van der Waals surface area (Å²) in [5.41, 5.74) is -0.214. The number of nitrogens with zero attached hydrogens (tertiary/aromatic N) is 3. The number of amides is 1. The van der Waals surface area contributed by atoms with Crippen molar-refractivity contribution in [2.24, 2.45) is 5.41 Å². The average Bonchev–Trinajstić information content (AvgIpc) is 3.69. The van der Waals surface area contributed by atoms with Crippen LogP contribution in [0.3, 0.4) is 0 Å². The van der Waals surface area contributed by atoms with Gasteiger partial charge < -0.3 is 9.80 Å². The van der Waals surface area contributed by atoms with Gasteiger partial charge >= 0.3 is 0 Å². The molecule has 36 heavy (non-hydrogen) atoms. The molecule has 4 aliphatic rings. The predicted octanol–water partition coefficient (Wildman–Crippen LogP) is 5.31. The summed E-state index contributed by atoms with van der Waals surface area (Å²) < 4.78 is 29.6. The second-order valence-electron chi connectivity index (χ2n) is 11.5. The van der Waals surface area contributed by atoms with Gasteiger partial charge in [-0.05, 0) is 101 Å². The molecule has 4 fully saturated rings. The van der Waals surface area contributed by atoms with E-state index >= 15 is 0 Å². The Balaban J connectivity index is 1.29. The number of halogens is 1. The second-order valence-corrected chi connectivity index (χ2v) is 13.8. The Hall–Kier alpha value is -1.15. The van der Waals surface area contributed by atoms with Gasteiger partial charge in [0, 0.05) is 42.7 Å². The van der Waals surface area contributed by atoms with Crippen molar-refractivity contribution in [3.8, 4) is 0 Å². The third-order valence-electron chi connectivity index (χ3n) is 9.37. The third-order valence-corrected chi connectivity index (χ3v) is 11.6. The molecule has 8 heteroatoms. The fourth-order valence-electron chi connectivity index (χ4n) is 7.07. The lowest BCUT2D eigenvalue weighted by molar-refractivity contribution is -0.135. The first kappa shape index (κ1) is 26.5. The van der Waals surface area contributed by atoms with Gasteiger partial charge in [0.25, 0.3) is 0 Å². The minimum atomic E-state index is -3.67. The topological polar surface area (TPSA) is 60.9 Å². The maximum Gasteiger partial charge on any atom is 0.243 e. The van der Waals surface area contributed by atoms with Crippen molar-refractivity contribution in [2.75, 3.05) is 26.2 Å². The van der Waals surface area contributed by atoms with E-state index in [0.29, 0.717) is 22.4 Å². The van der Waals surface area contributed by atoms with Gasteiger partial charge in [-0.1, -0.05) is 31.4 Å². The van der Waals surface area contributed by atoms with Gasteiger partial charge in [-0.3, -0.25) is 4.79 Å². The van der Waals surface area contributed by atoms with Crippen molar-refractivity contribution < 1.29 is 13.2 Å². The molecule has 0 spiro atoms. The lowest BCUT2D eigenvalue weighted by atomic mass is 9.83. The molecule has 3 saturated heterocycles. The molecule has 3 aliphatic heterocycles. The van der Waals surface area contributed by atoms with Crippen LogP contribution in [-0.2, 0) is 14.8 Å². The molecular weight excluding hydrogens is 494 g/mol. The van der Waals surface area contributed by atoms with Crippen LogP contribution in [0.5, 0.6) is 0 Å². The summed E-state index contributed by atoms with van der Waals surface area (Å²) in [7, 11) is -3.67. The highest BCUT2D eigenvalue weighted by Crippen LogP contribution is 2.57. The Labute approximate surface area is 222 Å². The van der Waals surface area contributed by atoms with Crippen molar-refractivity contribution in [3.05, 3.63) is 29.3 Å². The Morgan fingerprint density at radius 2 is 1.61 bits per heavy atom. The van der Waals surface area contributed by atoms with Crippen molar-refractivity contribution in [2.45, 2.75) is 107 Å². The highest BCUT2D eigenvalue weighted by atomic mass is 35.5. The fourth-order valence-corrected chi connectivity index (χ4v) is 9.23. The average molecular weight is 536 g/mol. The van der Waals surface area contributed by atoms with Crippen LogP contribution in [0.2, 0.25) is 5.02 Å². The molecule has 0 N–H and O–H groups in total. The number of rotatable bonds is 7. The zero-order valence-corrected chi connectivity index (χ0v) is 23.3. The van der Waals surface area contributed by atoms with Crippen molar-refractivity contribution in [1.29, 1.82) is 0 Å². The summed E-state index contributed by atoms with van der Waals surface area (Å²) in [4.78, 5) is 18.5. The summed E-state index contributed by atoms with van der Waals surface area (Å²) in [6.45, 7) is 6.17. The number of benzene rings is 1. The van der Waals surface area contributed by atoms with Crippen LogP contribution in [0.1, 0.15) is 84.0 Å². The Bertz CT molecular complexity index is 1010. The van der Waals surface area contributed by atoms with Crippen LogP contribution in [0, 0.1) is 5.41 Å². The highest BCUT2D eigenvalue weighted by molar-refractivity contribution is 7.89. The normalized spacial score (nSPS) is 28.2. The number of carbonyl (C=O) groups is 1. The lowest BCUT2D eigenvalue weighted by Gasteiger charge is -2.45. The Morgan fingerprint density at radius 1 is 0.944 bits per heavy atom. The van der Waals surface area contributed by atoms with Crippen LogP contribution < -0.4 is 0 Å². The second kappa shape index (κ2) is 10.9. The molecule has 1 aliphatic carbocycles. The molecule has 6 nitrogen and oxygen atoms in total. The van der Waals surface area contributed by atoms with Crippen LogP contribution in [0.15, 0.2) is 29.2 Å². The van der Waals surface area contributed by atoms with Crippen LogP contribution in [-0.4, -0.2) is 72.7 Å². The van der Waals surface area contributed by atoms with E-state index in [1.165, 1.54) is 32.4 Å². The van der Waals surface area contributed by atoms with E-state index < -0.39 is 10.0 Å². The number of carbonyl (C=O) groups excluding carboxylic acids is 1. The Morgan fingerprint density at radius 3 is 2.22 bits per heavy atom. The van der Waals surface area contributed by atoms with Crippen molar-refractivity contribution >= 4 is 27.5 Å². The molecule has 1 saturated carbocycles. The summed E-state index contributed by atoms with van der Waals surface area (Å²) in [6, 6.07) is 7.04. The lowest BCUT2D eigenvalue weighted by Crippen LogP contribution is -2.54. The molecular formula is C28H42ClN3O3S. The van der Waals surface area contributed by atoms with E-state index in [2.05, 4.69) is 16.7 Å². The number of sulfonamides is 1. The molecule has 0 unspecified atom stereocenters. The zero-order chi connectivity index (χ0) is 25.3. The number of piperidine rings is 3. The molecule has 2 atom stereocenters. The van der Waals surface area contributed by atoms with Gasteiger partial charge in [0.2, 0.25) is 15.9 Å². The van der Waals surface area contributed by atoms with E-state index in [1.54, 1.807) is 24.3 Å². The van der Waals surface area contributed by atoms with E-state index in [0.717, 1.165) is 64.5 Å². The van der Waals surface area contributed by atoms with Gasteiger partial charge in [-0.25, -0.2) is 8.42 Å². The van der Waals surface area contributed by atoms with Crippen LogP contribution in [0.4, 0.5) is 0 Å². The van der Waals surface area contributed by atoms with Crippen molar-refractivity contribution in [3.63, 3.8) is 0 Å². The molecule has 0 aromatic heterocycles. The molecule has 0 radical (unpaired) electrons. The first-order valence-corrected chi connectivity index (χ1v) is 16.0. The van der Waals surface area contributed by atoms with E-state index in [1.807, 2.05) is 4.31 Å². The largest absolute Gasteiger partial charge is 0.343 e. The summed E-state index contributed by atoms with van der Waals surface area (Å²) in [6.07, 6.45) is 12.0. The van der Waals surface area contributed by atoms with E-state index in [9.17, 15) is 13.2 Å². The van der Waals surface area contributed by atoms with Crippen LogP contribution in [0.25, 0.3) is 0 Å². The molecule has 3 heterocycles. The molecule has 1 aromatic carbocycles. The first-order valence-electron chi connectivity index (χ1n) is 14.1. The summed E-state index contributed by atoms with van der Waals surface area (Å²) in [5, 5.41) is 0.532. The predicted molar refractivity (Wildman–Crippen MR) is 144 cm³/mol. The third kappa shape index (κ3) is 5.36. The standard InChI is InChI=1S/C28H42ClN3O3S/c1-2-23-7-6-8-26(32(23)36(34,35)25-11-9-22(29)10-12-25)28(15-16-28)21-27(33)31-19-13-24(14-20-31)30-17-4-3-5-18-30/h9-12,23-24,26H,2-8,13-21H2,1H3/t23-,26-/m0/s1. The van der Waals surface area contributed by atoms with Crippen molar-refractivity contribution in [1.82, 2.24) is 14.1 Å². The van der Waals surface area contributed by atoms with Gasteiger partial charge in [0.1, 0.15) is 0 Å². The first-order chi connectivity index (χ1) is 17.3. The summed E-state index contributed by atoms with van der Waals surface area (Å²) in [5.74, 6) is 0.229. The number of hydrogen-bond donors (Lipinski definition) is 0. The summed E-state index contributed by atoms with van der Waals surface area (Å²) >= 11 is 6.05. The SMILES string of the molecule is CC[C@H]1CCC[C@@H](C2(CC(=O)N3CCC(N4CCCCC4)CC3)CC2)N1S(=O)(=O)c1ccc(Cl)cc1. The van der Waals surface area contributed by atoms with Gasteiger partial charge in [-0.15, -0.1) is 0 Å². The minimum absolute atomic E-state index is 0.0164. The molecule has 1 amide bonds. The number of hydrogen-bond acceptors (Lipinski definition) is 4. The van der Waals surface area contributed by atoms with Gasteiger partial charge in [-0.2, -0.15) is 4.31 Å². The van der Waals surface area contributed by atoms with Gasteiger partial charge in [0.05, 0.1) is 4.90 Å². The van der Waals surface area contributed by atoms with Gasteiger partial charge in [0.15, 0.2) is 0 Å². The maximum absolute atomic E-state index is 13.9. The molecule has 0 bridgehead atoms. The monoisotopic (exact) mass is 535 g/mol. The molecule has 5 rings (SSSR count). The van der Waals surface area contributed by atoms with Crippen LogP contribution >= 0.6 is 11.6 Å². The molecule has 200 valence electrons. The Kier molecular flexibility index (Phi) is 8.02. The van der Waals surface area contributed by atoms with E-state index in [4.69, 9.17) is 11.6 Å². The zero-order valence-electron chi connectivity index (χ0n) is 21.7. The minimum Gasteiger partial charge on any atom is -0.343 e. The fraction of sp³-hybridized carbons (Fsp3) is 0.750. The smallest absolute Gasteiger partial charge is 0.243 e.